The lowest BCUT2D eigenvalue weighted by Gasteiger charge is -2.40. The third-order valence-electron chi connectivity index (χ3n) is 8.17. The number of para-hydroxylation sites is 2. The third-order valence-corrected chi connectivity index (χ3v) is 8.17. The molecular weight excluding hydrogens is 478 g/mol. The van der Waals surface area contributed by atoms with Crippen LogP contribution >= 0.6 is 0 Å². The largest absolute Gasteiger partial charge is 0.495 e. The van der Waals surface area contributed by atoms with Gasteiger partial charge in [0.1, 0.15) is 11.8 Å². The smallest absolute Gasteiger partial charge is 0.253 e. The molecule has 0 unspecified atom stereocenters. The standard InChI is InChI=1S/C29H35N7O2/c1-19-16-20(2)22-18-23(29(37)30-24(22)17-19)27(28-31-32-33-36(28)21-8-4-5-9-21)35-14-12-34(13-15-35)25-10-6-7-11-26(25)38-3/h6-7,10-11,16-18,21,27H,4-5,8-9,12-15H2,1-3H3,(H,30,37)/t27-/m0/s1. The number of hydrogen-bond acceptors (Lipinski definition) is 7. The molecule has 2 aliphatic rings. The number of ether oxygens (including phenoxy) is 1. The average Bonchev–Trinajstić information content (AvgIpc) is 3.62. The fourth-order valence-corrected chi connectivity index (χ4v) is 6.29. The molecule has 0 bridgehead atoms. The molecule has 0 amide bonds. The summed E-state index contributed by atoms with van der Waals surface area (Å²) in [6.07, 6.45) is 4.50. The number of hydrogen-bond donors (Lipinski definition) is 1. The monoisotopic (exact) mass is 513 g/mol. The zero-order chi connectivity index (χ0) is 26.2. The molecule has 2 aromatic carbocycles. The lowest BCUT2D eigenvalue weighted by Crippen LogP contribution is -2.49. The Morgan fingerprint density at radius 3 is 2.55 bits per heavy atom. The number of aryl methyl sites for hydroxylation is 2. The normalized spacial score (nSPS) is 17.8. The van der Waals surface area contributed by atoms with E-state index in [0.29, 0.717) is 5.56 Å². The van der Waals surface area contributed by atoms with Gasteiger partial charge in [-0.15, -0.1) is 5.10 Å². The quantitative estimate of drug-likeness (QED) is 0.414. The van der Waals surface area contributed by atoms with Crippen molar-refractivity contribution in [3.8, 4) is 5.75 Å². The van der Waals surface area contributed by atoms with E-state index in [1.54, 1.807) is 7.11 Å². The number of rotatable bonds is 6. The van der Waals surface area contributed by atoms with Crippen LogP contribution in [0.4, 0.5) is 5.69 Å². The summed E-state index contributed by atoms with van der Waals surface area (Å²) in [5.74, 6) is 1.64. The zero-order valence-electron chi connectivity index (χ0n) is 22.4. The Balaban J connectivity index is 1.40. The van der Waals surface area contributed by atoms with Gasteiger partial charge in [-0.05, 0) is 72.5 Å². The molecule has 9 heteroatoms. The van der Waals surface area contributed by atoms with E-state index in [-0.39, 0.29) is 17.6 Å². The van der Waals surface area contributed by atoms with Crippen LogP contribution in [0, 0.1) is 13.8 Å². The van der Waals surface area contributed by atoms with Crippen LogP contribution in [0.2, 0.25) is 0 Å². The number of nitrogens with one attached hydrogen (secondary N) is 1. The van der Waals surface area contributed by atoms with Crippen molar-refractivity contribution in [1.82, 2.24) is 30.1 Å². The zero-order valence-corrected chi connectivity index (χ0v) is 22.4. The number of methoxy groups -OCH3 is 1. The van der Waals surface area contributed by atoms with Gasteiger partial charge >= 0.3 is 0 Å². The molecule has 9 nitrogen and oxygen atoms in total. The Morgan fingerprint density at radius 2 is 1.79 bits per heavy atom. The van der Waals surface area contributed by atoms with Crippen LogP contribution in [-0.2, 0) is 0 Å². The van der Waals surface area contributed by atoms with E-state index in [1.165, 1.54) is 12.8 Å². The second kappa shape index (κ2) is 10.2. The molecule has 2 aromatic heterocycles. The van der Waals surface area contributed by atoms with Crippen LogP contribution < -0.4 is 15.2 Å². The summed E-state index contributed by atoms with van der Waals surface area (Å²) in [5.41, 5.74) is 4.85. The number of tetrazole rings is 1. The molecule has 2 fully saturated rings. The number of anilines is 1. The van der Waals surface area contributed by atoms with Gasteiger partial charge in [-0.25, -0.2) is 4.68 Å². The predicted molar refractivity (Wildman–Crippen MR) is 148 cm³/mol. The summed E-state index contributed by atoms with van der Waals surface area (Å²) in [5, 5.41) is 14.2. The average molecular weight is 514 g/mol. The van der Waals surface area contributed by atoms with Gasteiger partial charge in [0.15, 0.2) is 5.82 Å². The Hall–Kier alpha value is -3.72. The van der Waals surface area contributed by atoms with Crippen molar-refractivity contribution in [1.29, 1.82) is 0 Å². The molecule has 0 radical (unpaired) electrons. The van der Waals surface area contributed by atoms with Crippen LogP contribution in [0.25, 0.3) is 10.9 Å². The van der Waals surface area contributed by atoms with Crippen molar-refractivity contribution in [3.05, 3.63) is 75.3 Å². The topological polar surface area (TPSA) is 92.2 Å². The number of fused-ring (bicyclic) bond motifs is 1. The maximum absolute atomic E-state index is 13.6. The maximum atomic E-state index is 13.6. The second-order valence-electron chi connectivity index (χ2n) is 10.6. The SMILES string of the molecule is COc1ccccc1N1CCN([C@@H](c2cc3c(C)cc(C)cc3[nH]c2=O)c2nnnn2C2CCCC2)CC1. The number of pyridine rings is 1. The first-order valence-corrected chi connectivity index (χ1v) is 13.6. The highest BCUT2D eigenvalue weighted by molar-refractivity contribution is 5.83. The molecule has 4 aromatic rings. The number of H-pyrrole nitrogens is 1. The third kappa shape index (κ3) is 4.45. The Bertz CT molecular complexity index is 1500. The van der Waals surface area contributed by atoms with Crippen molar-refractivity contribution in [3.63, 3.8) is 0 Å². The van der Waals surface area contributed by atoms with E-state index < -0.39 is 0 Å². The highest BCUT2D eigenvalue weighted by atomic mass is 16.5. The maximum Gasteiger partial charge on any atom is 0.253 e. The Morgan fingerprint density at radius 1 is 1.03 bits per heavy atom. The molecule has 1 aliphatic heterocycles. The fourth-order valence-electron chi connectivity index (χ4n) is 6.29. The first-order valence-electron chi connectivity index (χ1n) is 13.6. The van der Waals surface area contributed by atoms with E-state index in [0.717, 1.165) is 78.3 Å². The molecule has 1 saturated carbocycles. The second-order valence-corrected chi connectivity index (χ2v) is 10.6. The van der Waals surface area contributed by atoms with Gasteiger partial charge in [-0.3, -0.25) is 9.69 Å². The van der Waals surface area contributed by atoms with Gasteiger partial charge in [0.2, 0.25) is 0 Å². The lowest BCUT2D eigenvalue weighted by atomic mass is 9.99. The van der Waals surface area contributed by atoms with Gasteiger partial charge in [0.25, 0.3) is 5.56 Å². The first-order chi connectivity index (χ1) is 18.5. The number of nitrogens with zero attached hydrogens (tertiary/aromatic N) is 6. The minimum atomic E-state index is -0.334. The van der Waals surface area contributed by atoms with E-state index in [4.69, 9.17) is 4.74 Å². The van der Waals surface area contributed by atoms with E-state index in [2.05, 4.69) is 62.4 Å². The summed E-state index contributed by atoms with van der Waals surface area (Å²) in [6.45, 7) is 7.31. The van der Waals surface area contributed by atoms with Crippen LogP contribution in [0.15, 0.2) is 47.3 Å². The molecule has 1 N–H and O–H groups in total. The molecule has 3 heterocycles. The van der Waals surface area contributed by atoms with Gasteiger partial charge in [0, 0.05) is 42.6 Å². The molecule has 1 aliphatic carbocycles. The summed E-state index contributed by atoms with van der Waals surface area (Å²) in [6, 6.07) is 14.3. The van der Waals surface area contributed by atoms with Crippen LogP contribution in [0.5, 0.6) is 5.75 Å². The van der Waals surface area contributed by atoms with Crippen LogP contribution in [-0.4, -0.2) is 63.4 Å². The number of benzene rings is 2. The lowest BCUT2D eigenvalue weighted by molar-refractivity contribution is 0.196. The van der Waals surface area contributed by atoms with Crippen molar-refractivity contribution < 1.29 is 4.74 Å². The molecule has 6 rings (SSSR count). The van der Waals surface area contributed by atoms with E-state index in [1.807, 2.05) is 28.9 Å². The first kappa shape index (κ1) is 24.6. The van der Waals surface area contributed by atoms with Gasteiger partial charge in [0.05, 0.1) is 18.8 Å². The fraction of sp³-hybridized carbons (Fsp3) is 0.448. The summed E-state index contributed by atoms with van der Waals surface area (Å²) in [7, 11) is 1.71. The highest BCUT2D eigenvalue weighted by Crippen LogP contribution is 2.35. The summed E-state index contributed by atoms with van der Waals surface area (Å²) < 4.78 is 7.62. The molecular formula is C29H35N7O2. The number of aromatic nitrogens is 5. The van der Waals surface area contributed by atoms with Crippen LogP contribution in [0.3, 0.4) is 0 Å². The van der Waals surface area contributed by atoms with Crippen molar-refractivity contribution >= 4 is 16.6 Å². The minimum absolute atomic E-state index is 0.0827. The Labute approximate surface area is 222 Å². The molecule has 1 saturated heterocycles. The van der Waals surface area contributed by atoms with E-state index in [9.17, 15) is 4.79 Å². The van der Waals surface area contributed by atoms with E-state index >= 15 is 0 Å². The number of aromatic amines is 1. The molecule has 1 atom stereocenters. The summed E-state index contributed by atoms with van der Waals surface area (Å²) in [4.78, 5) is 21.5. The molecule has 0 spiro atoms. The number of piperazine rings is 1. The summed E-state index contributed by atoms with van der Waals surface area (Å²) >= 11 is 0. The van der Waals surface area contributed by atoms with Gasteiger partial charge in [-0.1, -0.05) is 31.0 Å². The highest BCUT2D eigenvalue weighted by Gasteiger charge is 2.35. The van der Waals surface area contributed by atoms with Crippen molar-refractivity contribution in [2.75, 3.05) is 38.2 Å². The Kier molecular flexibility index (Phi) is 6.61. The van der Waals surface area contributed by atoms with Gasteiger partial charge in [-0.2, -0.15) is 0 Å². The minimum Gasteiger partial charge on any atom is -0.495 e. The molecule has 198 valence electrons. The van der Waals surface area contributed by atoms with Gasteiger partial charge < -0.3 is 14.6 Å². The predicted octanol–water partition coefficient (Wildman–Crippen LogP) is 4.17. The molecule has 38 heavy (non-hydrogen) atoms. The van der Waals surface area contributed by atoms with Crippen molar-refractivity contribution in [2.45, 2.75) is 51.6 Å². The van der Waals surface area contributed by atoms with Crippen LogP contribution in [0.1, 0.15) is 60.3 Å². The van der Waals surface area contributed by atoms with Crippen molar-refractivity contribution in [2.24, 2.45) is 0 Å².